The van der Waals surface area contributed by atoms with Crippen molar-refractivity contribution in [2.75, 3.05) is 0 Å². The lowest BCUT2D eigenvalue weighted by molar-refractivity contribution is -0.137. The lowest BCUT2D eigenvalue weighted by atomic mass is 9.98. The minimum Gasteiger partial charge on any atom is -0.478 e. The molecule has 2 N–H and O–H groups in total. The third-order valence-corrected chi connectivity index (χ3v) is 2.98. The third kappa shape index (κ3) is 3.41. The minimum absolute atomic E-state index is 0.159. The molecule has 2 rings (SSSR count). The van der Waals surface area contributed by atoms with Gasteiger partial charge in [-0.05, 0) is 34.9 Å². The maximum atomic E-state index is 12.8. The van der Waals surface area contributed by atoms with Crippen LogP contribution >= 0.6 is 0 Å². The second-order valence-electron chi connectivity index (χ2n) is 4.46. The van der Waals surface area contributed by atoms with E-state index in [9.17, 15) is 18.0 Å². The van der Waals surface area contributed by atoms with E-state index in [0.29, 0.717) is 17.2 Å². The number of carboxylic acid groups (broad SMARTS) is 1. The number of hydrogen-bond acceptors (Lipinski definition) is 2. The molecule has 0 radical (unpaired) electrons. The lowest BCUT2D eigenvalue weighted by Gasteiger charge is -2.11. The van der Waals surface area contributed by atoms with Crippen molar-refractivity contribution in [3.8, 4) is 11.1 Å². The summed E-state index contributed by atoms with van der Waals surface area (Å²) in [5, 5.41) is 17.9. The average molecular weight is 296 g/mol. The van der Waals surface area contributed by atoms with E-state index in [4.69, 9.17) is 10.2 Å². The van der Waals surface area contributed by atoms with E-state index < -0.39 is 23.3 Å². The molecule has 0 saturated carbocycles. The molecule has 0 atom stereocenters. The van der Waals surface area contributed by atoms with E-state index in [1.807, 2.05) is 0 Å². The molecule has 2 aromatic rings. The number of rotatable bonds is 3. The van der Waals surface area contributed by atoms with Gasteiger partial charge in [0.15, 0.2) is 0 Å². The SMILES string of the molecule is O=C(O)c1cc(-c2ccc(CO)cc2)cc(C(F)(F)F)c1. The molecule has 6 heteroatoms. The van der Waals surface area contributed by atoms with Gasteiger partial charge in [-0.15, -0.1) is 0 Å². The van der Waals surface area contributed by atoms with Gasteiger partial charge in [0, 0.05) is 0 Å². The van der Waals surface area contributed by atoms with Gasteiger partial charge < -0.3 is 10.2 Å². The van der Waals surface area contributed by atoms with Gasteiger partial charge in [0.05, 0.1) is 17.7 Å². The van der Waals surface area contributed by atoms with Crippen LogP contribution in [0.3, 0.4) is 0 Å². The van der Waals surface area contributed by atoms with Crippen LogP contribution < -0.4 is 0 Å². The van der Waals surface area contributed by atoms with Crippen LogP contribution in [0.2, 0.25) is 0 Å². The van der Waals surface area contributed by atoms with Crippen LogP contribution in [0.15, 0.2) is 42.5 Å². The van der Waals surface area contributed by atoms with Gasteiger partial charge in [-0.2, -0.15) is 13.2 Å². The largest absolute Gasteiger partial charge is 0.478 e. The first kappa shape index (κ1) is 15.1. The molecular formula is C15H11F3O3. The first-order valence-electron chi connectivity index (χ1n) is 5.97. The van der Waals surface area contributed by atoms with Gasteiger partial charge in [-0.1, -0.05) is 24.3 Å². The molecule has 0 amide bonds. The number of carbonyl (C=O) groups is 1. The highest BCUT2D eigenvalue weighted by Gasteiger charge is 2.31. The Labute approximate surface area is 118 Å². The highest BCUT2D eigenvalue weighted by atomic mass is 19.4. The highest BCUT2D eigenvalue weighted by Crippen LogP contribution is 2.33. The average Bonchev–Trinajstić information content (AvgIpc) is 2.46. The second-order valence-corrected chi connectivity index (χ2v) is 4.46. The van der Waals surface area contributed by atoms with E-state index in [0.717, 1.165) is 6.07 Å². The zero-order chi connectivity index (χ0) is 15.6. The Bertz CT molecular complexity index is 661. The van der Waals surface area contributed by atoms with Crippen LogP contribution in [0.1, 0.15) is 21.5 Å². The van der Waals surface area contributed by atoms with Gasteiger partial charge in [0.25, 0.3) is 0 Å². The summed E-state index contributed by atoms with van der Waals surface area (Å²) in [4.78, 5) is 11.0. The molecule has 0 aromatic heterocycles. The van der Waals surface area contributed by atoms with Crippen molar-refractivity contribution in [1.82, 2.24) is 0 Å². The van der Waals surface area contributed by atoms with Gasteiger partial charge in [0.2, 0.25) is 0 Å². The normalized spacial score (nSPS) is 11.4. The topological polar surface area (TPSA) is 57.5 Å². The standard InChI is InChI=1S/C15H11F3O3/c16-15(17,18)13-6-11(5-12(7-13)14(20)21)10-3-1-9(8-19)2-4-10/h1-7,19H,8H2,(H,20,21). The Morgan fingerprint density at radius 3 is 2.10 bits per heavy atom. The quantitative estimate of drug-likeness (QED) is 0.910. The lowest BCUT2D eigenvalue weighted by Crippen LogP contribution is -2.08. The Balaban J connectivity index is 2.56. The summed E-state index contributed by atoms with van der Waals surface area (Å²) in [6, 6.07) is 8.89. The van der Waals surface area contributed by atoms with Gasteiger partial charge in [-0.25, -0.2) is 4.79 Å². The van der Waals surface area contributed by atoms with Crippen molar-refractivity contribution >= 4 is 5.97 Å². The van der Waals surface area contributed by atoms with Crippen LogP contribution in [-0.2, 0) is 12.8 Å². The number of hydrogen-bond donors (Lipinski definition) is 2. The van der Waals surface area contributed by atoms with Crippen molar-refractivity contribution in [3.63, 3.8) is 0 Å². The van der Waals surface area contributed by atoms with Crippen LogP contribution in [-0.4, -0.2) is 16.2 Å². The van der Waals surface area contributed by atoms with E-state index in [1.54, 1.807) is 12.1 Å². The molecule has 0 aliphatic carbocycles. The fourth-order valence-electron chi connectivity index (χ4n) is 1.88. The van der Waals surface area contributed by atoms with Crippen molar-refractivity contribution in [2.45, 2.75) is 12.8 Å². The van der Waals surface area contributed by atoms with Crippen molar-refractivity contribution in [2.24, 2.45) is 0 Å². The molecule has 0 aliphatic rings. The Morgan fingerprint density at radius 2 is 1.62 bits per heavy atom. The first-order chi connectivity index (χ1) is 9.81. The van der Waals surface area contributed by atoms with Crippen LogP contribution in [0.5, 0.6) is 0 Å². The zero-order valence-electron chi connectivity index (χ0n) is 10.7. The fourth-order valence-corrected chi connectivity index (χ4v) is 1.88. The Kier molecular flexibility index (Phi) is 3.99. The Hall–Kier alpha value is -2.34. The molecule has 0 saturated heterocycles. The van der Waals surface area contributed by atoms with Gasteiger partial charge in [-0.3, -0.25) is 0 Å². The number of aliphatic hydroxyl groups is 1. The van der Waals surface area contributed by atoms with Crippen molar-refractivity contribution in [3.05, 3.63) is 59.2 Å². The molecular weight excluding hydrogens is 285 g/mol. The number of aromatic carboxylic acids is 1. The number of aliphatic hydroxyl groups excluding tert-OH is 1. The fraction of sp³-hybridized carbons (Fsp3) is 0.133. The van der Waals surface area contributed by atoms with E-state index in [-0.39, 0.29) is 12.2 Å². The minimum atomic E-state index is -4.62. The molecule has 0 fully saturated rings. The van der Waals surface area contributed by atoms with Gasteiger partial charge in [0.1, 0.15) is 0 Å². The van der Waals surface area contributed by atoms with Crippen molar-refractivity contribution < 1.29 is 28.2 Å². The molecule has 0 heterocycles. The molecule has 3 nitrogen and oxygen atoms in total. The van der Waals surface area contributed by atoms with E-state index in [1.165, 1.54) is 18.2 Å². The maximum absolute atomic E-state index is 12.8. The molecule has 21 heavy (non-hydrogen) atoms. The summed E-state index contributed by atoms with van der Waals surface area (Å²) < 4.78 is 38.5. The van der Waals surface area contributed by atoms with Gasteiger partial charge >= 0.3 is 12.1 Å². The van der Waals surface area contributed by atoms with Crippen LogP contribution in [0, 0.1) is 0 Å². The predicted molar refractivity (Wildman–Crippen MR) is 69.8 cm³/mol. The summed E-state index contributed by atoms with van der Waals surface area (Å²) in [5.41, 5.74) is -0.216. The predicted octanol–water partition coefficient (Wildman–Crippen LogP) is 3.56. The molecule has 2 aromatic carbocycles. The number of benzene rings is 2. The molecule has 0 unspecified atom stereocenters. The zero-order valence-corrected chi connectivity index (χ0v) is 10.7. The summed E-state index contributed by atoms with van der Waals surface area (Å²) >= 11 is 0. The van der Waals surface area contributed by atoms with E-state index in [2.05, 4.69) is 0 Å². The Morgan fingerprint density at radius 1 is 1.00 bits per heavy atom. The van der Waals surface area contributed by atoms with E-state index >= 15 is 0 Å². The summed E-state index contributed by atoms with van der Waals surface area (Å²) in [7, 11) is 0. The highest BCUT2D eigenvalue weighted by molar-refractivity contribution is 5.90. The molecule has 110 valence electrons. The number of halogens is 3. The number of carboxylic acids is 1. The monoisotopic (exact) mass is 296 g/mol. The van der Waals surface area contributed by atoms with Crippen LogP contribution in [0.4, 0.5) is 13.2 Å². The maximum Gasteiger partial charge on any atom is 0.416 e. The summed E-state index contributed by atoms with van der Waals surface area (Å²) in [6.45, 7) is -0.177. The molecule has 0 aliphatic heterocycles. The molecule has 0 bridgehead atoms. The third-order valence-electron chi connectivity index (χ3n) is 2.98. The number of alkyl halides is 3. The summed E-state index contributed by atoms with van der Waals surface area (Å²) in [5.74, 6) is -1.42. The second kappa shape index (κ2) is 5.57. The van der Waals surface area contributed by atoms with Crippen molar-refractivity contribution in [1.29, 1.82) is 0 Å². The smallest absolute Gasteiger partial charge is 0.416 e. The molecule has 0 spiro atoms. The summed E-state index contributed by atoms with van der Waals surface area (Å²) in [6.07, 6.45) is -4.62. The van der Waals surface area contributed by atoms with Crippen LogP contribution in [0.25, 0.3) is 11.1 Å². The first-order valence-corrected chi connectivity index (χ1v) is 5.97.